The molecule has 118 valence electrons. The van der Waals surface area contributed by atoms with E-state index in [0.29, 0.717) is 6.54 Å². The van der Waals surface area contributed by atoms with Gasteiger partial charge in [0.05, 0.1) is 12.1 Å². The highest BCUT2D eigenvalue weighted by Crippen LogP contribution is 2.28. The maximum atomic E-state index is 4.43. The van der Waals surface area contributed by atoms with Crippen molar-refractivity contribution in [1.82, 2.24) is 15.2 Å². The van der Waals surface area contributed by atoms with Crippen molar-refractivity contribution in [3.05, 3.63) is 70.3 Å². The Morgan fingerprint density at radius 3 is 2.71 bits per heavy atom. The van der Waals surface area contributed by atoms with Crippen LogP contribution < -0.4 is 5.32 Å². The lowest BCUT2D eigenvalue weighted by Crippen LogP contribution is -2.00. The predicted octanol–water partition coefficient (Wildman–Crippen LogP) is 5.13. The Labute approximate surface area is 151 Å². The van der Waals surface area contributed by atoms with Gasteiger partial charge in [-0.05, 0) is 28.1 Å². The van der Waals surface area contributed by atoms with E-state index in [4.69, 9.17) is 0 Å². The molecule has 0 aliphatic carbocycles. The van der Waals surface area contributed by atoms with E-state index in [9.17, 15) is 0 Å². The van der Waals surface area contributed by atoms with Crippen molar-refractivity contribution in [3.63, 3.8) is 0 Å². The van der Waals surface area contributed by atoms with E-state index in [-0.39, 0.29) is 0 Å². The Hall–Kier alpha value is -2.31. The standard InChI is InChI=1S/C18H13BrN4S/c19-14-8-4-7-13-15(9-10-20-17(13)14)21-11-16-22-23-18(24-16)12-5-2-1-3-6-12/h1-10H,11H2,(H,20,21). The lowest BCUT2D eigenvalue weighted by molar-refractivity contribution is 0.993. The van der Waals surface area contributed by atoms with Gasteiger partial charge in [-0.1, -0.05) is 53.8 Å². The zero-order chi connectivity index (χ0) is 16.4. The van der Waals surface area contributed by atoms with Crippen LogP contribution in [-0.4, -0.2) is 15.2 Å². The van der Waals surface area contributed by atoms with Gasteiger partial charge in [0.25, 0.3) is 0 Å². The number of aromatic nitrogens is 3. The third-order valence-electron chi connectivity index (χ3n) is 3.64. The highest BCUT2D eigenvalue weighted by molar-refractivity contribution is 9.10. The van der Waals surface area contributed by atoms with Crippen LogP contribution in [0.1, 0.15) is 5.01 Å². The summed E-state index contributed by atoms with van der Waals surface area (Å²) in [5.41, 5.74) is 3.09. The second-order valence-electron chi connectivity index (χ2n) is 5.22. The van der Waals surface area contributed by atoms with Gasteiger partial charge in [-0.2, -0.15) is 0 Å². The molecule has 0 amide bonds. The first-order valence-corrected chi connectivity index (χ1v) is 9.07. The zero-order valence-electron chi connectivity index (χ0n) is 12.6. The minimum absolute atomic E-state index is 0.635. The number of hydrogen-bond donors (Lipinski definition) is 1. The zero-order valence-corrected chi connectivity index (χ0v) is 15.0. The summed E-state index contributed by atoms with van der Waals surface area (Å²) in [6, 6.07) is 18.2. The van der Waals surface area contributed by atoms with Crippen molar-refractivity contribution < 1.29 is 0 Å². The molecule has 0 radical (unpaired) electrons. The summed E-state index contributed by atoms with van der Waals surface area (Å²) in [5, 5.41) is 15.0. The number of nitrogens with one attached hydrogen (secondary N) is 1. The van der Waals surface area contributed by atoms with E-state index >= 15 is 0 Å². The SMILES string of the molecule is Brc1cccc2c(NCc3nnc(-c4ccccc4)s3)ccnc12. The van der Waals surface area contributed by atoms with Gasteiger partial charge in [-0.25, -0.2) is 0 Å². The molecule has 2 aromatic carbocycles. The third-order valence-corrected chi connectivity index (χ3v) is 5.25. The molecule has 0 aliphatic rings. The van der Waals surface area contributed by atoms with Gasteiger partial charge < -0.3 is 5.32 Å². The number of nitrogens with zero attached hydrogens (tertiary/aromatic N) is 3. The molecule has 6 heteroatoms. The number of fused-ring (bicyclic) bond motifs is 1. The lowest BCUT2D eigenvalue weighted by Gasteiger charge is -2.08. The van der Waals surface area contributed by atoms with Crippen LogP contribution >= 0.6 is 27.3 Å². The van der Waals surface area contributed by atoms with Crippen molar-refractivity contribution in [1.29, 1.82) is 0 Å². The van der Waals surface area contributed by atoms with Gasteiger partial charge in [0.1, 0.15) is 10.0 Å². The minimum atomic E-state index is 0.635. The number of pyridine rings is 1. The molecule has 24 heavy (non-hydrogen) atoms. The van der Waals surface area contributed by atoms with Crippen molar-refractivity contribution in [2.24, 2.45) is 0 Å². The third kappa shape index (κ3) is 3.02. The molecule has 1 N–H and O–H groups in total. The molecular weight excluding hydrogens is 384 g/mol. The molecule has 2 aromatic heterocycles. The molecule has 0 bridgehead atoms. The Bertz CT molecular complexity index is 985. The van der Waals surface area contributed by atoms with E-state index in [0.717, 1.165) is 36.6 Å². The van der Waals surface area contributed by atoms with Gasteiger partial charge in [0.2, 0.25) is 0 Å². The number of benzene rings is 2. The fourth-order valence-electron chi connectivity index (χ4n) is 2.49. The molecule has 4 rings (SSSR count). The Morgan fingerprint density at radius 2 is 1.83 bits per heavy atom. The fraction of sp³-hybridized carbons (Fsp3) is 0.0556. The van der Waals surface area contributed by atoms with E-state index in [1.165, 1.54) is 0 Å². The number of hydrogen-bond acceptors (Lipinski definition) is 5. The van der Waals surface area contributed by atoms with Crippen LogP contribution in [0, 0.1) is 0 Å². The van der Waals surface area contributed by atoms with Crippen molar-refractivity contribution in [3.8, 4) is 10.6 Å². The summed E-state index contributed by atoms with van der Waals surface area (Å²) >= 11 is 5.15. The van der Waals surface area contributed by atoms with Gasteiger partial charge in [0, 0.05) is 27.3 Å². The predicted molar refractivity (Wildman–Crippen MR) is 102 cm³/mol. The van der Waals surface area contributed by atoms with Crippen molar-refractivity contribution >= 4 is 43.9 Å². The average molecular weight is 397 g/mol. The van der Waals surface area contributed by atoms with Crippen LogP contribution in [0.2, 0.25) is 0 Å². The molecule has 0 fully saturated rings. The van der Waals surface area contributed by atoms with Crippen LogP contribution in [0.25, 0.3) is 21.5 Å². The molecule has 4 nitrogen and oxygen atoms in total. The first kappa shape index (κ1) is 15.2. The summed E-state index contributed by atoms with van der Waals surface area (Å²) < 4.78 is 0.992. The van der Waals surface area contributed by atoms with Gasteiger partial charge in [0.15, 0.2) is 0 Å². The normalized spacial score (nSPS) is 10.9. The highest BCUT2D eigenvalue weighted by Gasteiger charge is 2.08. The summed E-state index contributed by atoms with van der Waals surface area (Å²) in [7, 11) is 0. The number of anilines is 1. The van der Waals surface area contributed by atoms with Crippen LogP contribution in [0.15, 0.2) is 65.3 Å². The van der Waals surface area contributed by atoms with E-state index in [1.807, 2.05) is 54.7 Å². The number of rotatable bonds is 4. The van der Waals surface area contributed by atoms with E-state index in [1.54, 1.807) is 11.3 Å². The Kier molecular flexibility index (Phi) is 4.23. The van der Waals surface area contributed by atoms with E-state index < -0.39 is 0 Å². The maximum Gasteiger partial charge on any atom is 0.147 e. The molecule has 0 unspecified atom stereocenters. The molecule has 0 saturated carbocycles. The topological polar surface area (TPSA) is 50.7 Å². The summed E-state index contributed by atoms with van der Waals surface area (Å²) in [5.74, 6) is 0. The number of para-hydroxylation sites is 1. The molecule has 4 aromatic rings. The van der Waals surface area contributed by atoms with Crippen LogP contribution in [0.3, 0.4) is 0 Å². The smallest absolute Gasteiger partial charge is 0.147 e. The van der Waals surface area contributed by atoms with Crippen molar-refractivity contribution in [2.75, 3.05) is 5.32 Å². The fourth-order valence-corrected chi connectivity index (χ4v) is 3.74. The van der Waals surface area contributed by atoms with Gasteiger partial charge in [-0.3, -0.25) is 4.98 Å². The molecule has 0 atom stereocenters. The molecule has 0 saturated heterocycles. The lowest BCUT2D eigenvalue weighted by atomic mass is 10.2. The second-order valence-corrected chi connectivity index (χ2v) is 7.13. The molecule has 0 aliphatic heterocycles. The van der Waals surface area contributed by atoms with Crippen LogP contribution in [-0.2, 0) is 6.54 Å². The van der Waals surface area contributed by atoms with Crippen molar-refractivity contribution in [2.45, 2.75) is 6.54 Å². The first-order chi connectivity index (χ1) is 11.8. The molecular formula is C18H13BrN4S. The average Bonchev–Trinajstić information content (AvgIpc) is 3.10. The van der Waals surface area contributed by atoms with E-state index in [2.05, 4.69) is 42.5 Å². The van der Waals surface area contributed by atoms with Gasteiger partial charge in [-0.15, -0.1) is 10.2 Å². The quantitative estimate of drug-likeness (QED) is 0.519. The minimum Gasteiger partial charge on any atom is -0.378 e. The van der Waals surface area contributed by atoms with Crippen LogP contribution in [0.5, 0.6) is 0 Å². The Balaban J connectivity index is 1.56. The monoisotopic (exact) mass is 396 g/mol. The highest BCUT2D eigenvalue weighted by atomic mass is 79.9. The molecule has 0 spiro atoms. The molecule has 2 heterocycles. The Morgan fingerprint density at radius 1 is 0.958 bits per heavy atom. The van der Waals surface area contributed by atoms with Gasteiger partial charge >= 0.3 is 0 Å². The van der Waals surface area contributed by atoms with Crippen LogP contribution in [0.4, 0.5) is 5.69 Å². The maximum absolute atomic E-state index is 4.43. The summed E-state index contributed by atoms with van der Waals surface area (Å²) in [6.45, 7) is 0.635. The summed E-state index contributed by atoms with van der Waals surface area (Å²) in [6.07, 6.45) is 1.81. The number of halogens is 1. The first-order valence-electron chi connectivity index (χ1n) is 7.46. The largest absolute Gasteiger partial charge is 0.378 e. The second kappa shape index (κ2) is 6.67. The summed E-state index contributed by atoms with van der Waals surface area (Å²) in [4.78, 5) is 4.43.